The van der Waals surface area contributed by atoms with E-state index < -0.39 is 0 Å². The molecule has 0 saturated heterocycles. The highest BCUT2D eigenvalue weighted by atomic mass is 15.7. The Labute approximate surface area is 71.4 Å². The Morgan fingerprint density at radius 3 is 1.55 bits per heavy atom. The maximum absolute atomic E-state index is 2.32. The molecular weight excluding hydrogens is 136 g/mol. The number of rotatable bonds is 5. The van der Waals surface area contributed by atoms with E-state index in [9.17, 15) is 0 Å². The highest BCUT2D eigenvalue weighted by molar-refractivity contribution is 4.33. The molecule has 0 aliphatic rings. The summed E-state index contributed by atoms with van der Waals surface area (Å²) in [6.07, 6.45) is 1.26. The molecule has 0 saturated carbocycles. The van der Waals surface area contributed by atoms with Crippen LogP contribution in [0.25, 0.3) is 0 Å². The van der Waals surface area contributed by atoms with E-state index >= 15 is 0 Å². The molecule has 0 N–H and O–H groups in total. The van der Waals surface area contributed by atoms with Crippen molar-refractivity contribution >= 4 is 0 Å². The van der Waals surface area contributed by atoms with Crippen LogP contribution in [-0.2, 0) is 0 Å². The summed E-state index contributed by atoms with van der Waals surface area (Å²) in [6, 6.07) is 0. The summed E-state index contributed by atoms with van der Waals surface area (Å²) in [6.45, 7) is 10.5. The number of hydrogen-bond acceptors (Lipinski definition) is 1. The zero-order chi connectivity index (χ0) is 8.91. The van der Waals surface area contributed by atoms with Gasteiger partial charge in [-0.3, -0.25) is 0 Å². The van der Waals surface area contributed by atoms with E-state index in [-0.39, 0.29) is 0 Å². The molecule has 0 bridgehead atoms. The van der Waals surface area contributed by atoms with Gasteiger partial charge in [-0.1, -0.05) is 6.92 Å². The first-order chi connectivity index (χ1) is 5.13. The van der Waals surface area contributed by atoms with Gasteiger partial charge in [0.2, 0.25) is 0 Å². The molecule has 0 aliphatic carbocycles. The van der Waals surface area contributed by atoms with Gasteiger partial charge in [0.1, 0.15) is 0 Å². The minimum atomic E-state index is 1.12. The van der Waals surface area contributed by atoms with E-state index in [1.807, 2.05) is 0 Å². The Morgan fingerprint density at radius 1 is 1.00 bits per heavy atom. The van der Waals surface area contributed by atoms with E-state index in [4.69, 9.17) is 0 Å². The standard InChI is InChI=1S/C9H23N2/c1-6-9-11(7-2,8-3)10(4)5/h6-9H2,1-5H3/q+1. The first kappa shape index (κ1) is 10.9. The molecule has 0 aromatic carbocycles. The van der Waals surface area contributed by atoms with Crippen molar-refractivity contribution in [2.45, 2.75) is 27.2 Å². The predicted octanol–water partition coefficient (Wildman–Crippen LogP) is 1.73. The maximum Gasteiger partial charge on any atom is 0.0961 e. The first-order valence-electron chi connectivity index (χ1n) is 4.66. The fourth-order valence-electron chi connectivity index (χ4n) is 1.72. The molecule has 68 valence electrons. The maximum atomic E-state index is 2.32. The average Bonchev–Trinajstić information content (AvgIpc) is 2.00. The van der Waals surface area contributed by atoms with Gasteiger partial charge in [-0.15, -0.1) is 0 Å². The Morgan fingerprint density at radius 2 is 1.45 bits per heavy atom. The van der Waals surface area contributed by atoms with Gasteiger partial charge < -0.3 is 0 Å². The third-order valence-corrected chi connectivity index (χ3v) is 2.67. The van der Waals surface area contributed by atoms with Gasteiger partial charge >= 0.3 is 0 Å². The largest absolute Gasteiger partial charge is 0.244 e. The molecule has 0 aromatic rings. The average molecular weight is 159 g/mol. The van der Waals surface area contributed by atoms with Crippen molar-refractivity contribution in [2.24, 2.45) is 0 Å². The molecule has 0 aliphatic heterocycles. The van der Waals surface area contributed by atoms with E-state index in [2.05, 4.69) is 39.9 Å². The molecule has 2 nitrogen and oxygen atoms in total. The van der Waals surface area contributed by atoms with Crippen molar-refractivity contribution in [3.63, 3.8) is 0 Å². The van der Waals surface area contributed by atoms with E-state index in [0.29, 0.717) is 0 Å². The molecule has 0 heterocycles. The summed E-state index contributed by atoms with van der Waals surface area (Å²) < 4.78 is 1.12. The minimum absolute atomic E-state index is 1.12. The molecule has 0 rings (SSSR count). The molecule has 0 radical (unpaired) electrons. The normalized spacial score (nSPS) is 12.5. The molecule has 0 fully saturated rings. The van der Waals surface area contributed by atoms with Crippen molar-refractivity contribution in [3.8, 4) is 0 Å². The zero-order valence-electron chi connectivity index (χ0n) is 8.72. The third kappa shape index (κ3) is 2.46. The lowest BCUT2D eigenvalue weighted by Crippen LogP contribution is -2.57. The topological polar surface area (TPSA) is 3.24 Å². The fraction of sp³-hybridized carbons (Fsp3) is 1.00. The van der Waals surface area contributed by atoms with Crippen LogP contribution < -0.4 is 0 Å². The molecular formula is C9H23N2+. The number of hydrogen-bond donors (Lipinski definition) is 0. The van der Waals surface area contributed by atoms with Crippen molar-refractivity contribution < 1.29 is 4.59 Å². The molecule has 0 atom stereocenters. The lowest BCUT2D eigenvalue weighted by Gasteiger charge is -2.41. The molecule has 0 amide bonds. The zero-order valence-corrected chi connectivity index (χ0v) is 8.72. The van der Waals surface area contributed by atoms with Gasteiger partial charge in [-0.25, -0.2) is 4.59 Å². The van der Waals surface area contributed by atoms with Crippen molar-refractivity contribution in [1.29, 1.82) is 0 Å². The van der Waals surface area contributed by atoms with Crippen molar-refractivity contribution in [1.82, 2.24) is 5.01 Å². The van der Waals surface area contributed by atoms with E-state index in [0.717, 1.165) is 4.59 Å². The Hall–Kier alpha value is -0.0800. The highest BCUT2D eigenvalue weighted by Crippen LogP contribution is 2.09. The van der Waals surface area contributed by atoms with Crippen LogP contribution in [0, 0.1) is 0 Å². The Kier molecular flexibility index (Phi) is 4.69. The van der Waals surface area contributed by atoms with Crippen LogP contribution in [0.1, 0.15) is 27.2 Å². The summed E-state index contributed by atoms with van der Waals surface area (Å²) in [7, 11) is 4.34. The van der Waals surface area contributed by atoms with Crippen LogP contribution in [0.5, 0.6) is 0 Å². The lowest BCUT2D eigenvalue weighted by atomic mass is 10.3. The van der Waals surface area contributed by atoms with Gasteiger partial charge in [0.25, 0.3) is 0 Å². The third-order valence-electron chi connectivity index (χ3n) is 2.67. The van der Waals surface area contributed by atoms with Gasteiger partial charge in [0.15, 0.2) is 0 Å². The summed E-state index contributed by atoms with van der Waals surface area (Å²) in [5.74, 6) is 0. The second kappa shape index (κ2) is 4.73. The molecule has 0 aromatic heterocycles. The van der Waals surface area contributed by atoms with Gasteiger partial charge in [0, 0.05) is 14.1 Å². The second-order valence-corrected chi connectivity index (χ2v) is 3.30. The quantitative estimate of drug-likeness (QED) is 0.436. The molecule has 11 heavy (non-hydrogen) atoms. The minimum Gasteiger partial charge on any atom is -0.244 e. The van der Waals surface area contributed by atoms with Crippen LogP contribution in [-0.4, -0.2) is 43.3 Å². The van der Waals surface area contributed by atoms with E-state index in [1.165, 1.54) is 26.1 Å². The van der Waals surface area contributed by atoms with Gasteiger partial charge in [0.05, 0.1) is 19.6 Å². The van der Waals surface area contributed by atoms with Crippen molar-refractivity contribution in [3.05, 3.63) is 0 Å². The first-order valence-corrected chi connectivity index (χ1v) is 4.66. The lowest BCUT2D eigenvalue weighted by molar-refractivity contribution is -1.03. The Bertz CT molecular complexity index is 95.7. The fourth-order valence-corrected chi connectivity index (χ4v) is 1.72. The number of quaternary nitrogens is 1. The molecule has 2 heteroatoms. The van der Waals surface area contributed by atoms with Crippen LogP contribution in [0.15, 0.2) is 0 Å². The van der Waals surface area contributed by atoms with E-state index in [1.54, 1.807) is 0 Å². The van der Waals surface area contributed by atoms with Crippen LogP contribution in [0.4, 0.5) is 0 Å². The van der Waals surface area contributed by atoms with Gasteiger partial charge in [-0.05, 0) is 20.3 Å². The molecule has 0 spiro atoms. The smallest absolute Gasteiger partial charge is 0.0961 e. The van der Waals surface area contributed by atoms with Crippen LogP contribution in [0.3, 0.4) is 0 Å². The second-order valence-electron chi connectivity index (χ2n) is 3.30. The monoisotopic (exact) mass is 159 g/mol. The molecule has 0 unspecified atom stereocenters. The summed E-state index contributed by atoms with van der Waals surface area (Å²) in [5, 5.41) is 2.32. The summed E-state index contributed by atoms with van der Waals surface area (Å²) >= 11 is 0. The predicted molar refractivity (Wildman–Crippen MR) is 50.2 cm³/mol. The highest BCUT2D eigenvalue weighted by Gasteiger charge is 2.24. The van der Waals surface area contributed by atoms with Crippen LogP contribution in [0.2, 0.25) is 0 Å². The van der Waals surface area contributed by atoms with Crippen LogP contribution >= 0.6 is 0 Å². The summed E-state index contributed by atoms with van der Waals surface area (Å²) in [4.78, 5) is 0. The van der Waals surface area contributed by atoms with Gasteiger partial charge in [-0.2, -0.15) is 5.01 Å². The van der Waals surface area contributed by atoms with Crippen molar-refractivity contribution in [2.75, 3.05) is 33.7 Å². The number of nitrogens with zero attached hydrogens (tertiary/aromatic N) is 2. The Balaban J connectivity index is 4.20. The summed E-state index contributed by atoms with van der Waals surface area (Å²) in [5.41, 5.74) is 0. The SMILES string of the molecule is CCC[N+](CC)(CC)N(C)C.